The highest BCUT2D eigenvalue weighted by Gasteiger charge is 2.38. The zero-order valence-electron chi connectivity index (χ0n) is 16.6. The van der Waals surface area contributed by atoms with E-state index in [1.54, 1.807) is 11.7 Å². The molecule has 0 spiro atoms. The van der Waals surface area contributed by atoms with Crippen molar-refractivity contribution in [3.63, 3.8) is 0 Å². The van der Waals surface area contributed by atoms with E-state index in [1.807, 2.05) is 49.4 Å². The van der Waals surface area contributed by atoms with Gasteiger partial charge in [-0.25, -0.2) is 0 Å². The van der Waals surface area contributed by atoms with Gasteiger partial charge in [0.1, 0.15) is 11.7 Å². The number of hydrogen-bond acceptors (Lipinski definition) is 4. The highest BCUT2D eigenvalue weighted by molar-refractivity contribution is 9.10. The fourth-order valence-electron chi connectivity index (χ4n) is 4.41. The average Bonchev–Trinajstić information content (AvgIpc) is 2.93. The number of para-hydroxylation sites is 1. The molecule has 0 amide bonds. The van der Waals surface area contributed by atoms with Gasteiger partial charge < -0.3 is 9.47 Å². The lowest BCUT2D eigenvalue weighted by Gasteiger charge is -2.19. The first-order valence-corrected chi connectivity index (χ1v) is 10.3. The lowest BCUT2D eigenvalue weighted by Crippen LogP contribution is -2.29. The number of hydrogen-bond donors (Lipinski definition) is 0. The van der Waals surface area contributed by atoms with Gasteiger partial charge in [-0.1, -0.05) is 40.2 Å². The molecular weight excluding hydrogens is 434 g/mol. The maximum Gasteiger partial charge on any atom is 0.318 e. The van der Waals surface area contributed by atoms with Crippen molar-refractivity contribution in [3.8, 4) is 5.75 Å². The van der Waals surface area contributed by atoms with Crippen LogP contribution in [-0.4, -0.2) is 30.7 Å². The molecule has 1 aliphatic rings. The fourth-order valence-corrected chi connectivity index (χ4v) is 5.04. The summed E-state index contributed by atoms with van der Waals surface area (Å²) < 4.78 is 12.9. The topological polar surface area (TPSA) is 57.5 Å². The van der Waals surface area contributed by atoms with Crippen LogP contribution in [0.15, 0.2) is 46.9 Å². The van der Waals surface area contributed by atoms with Crippen LogP contribution in [0.5, 0.6) is 5.75 Å². The molecule has 0 bridgehead atoms. The first-order valence-electron chi connectivity index (χ1n) is 9.53. The smallest absolute Gasteiger partial charge is 0.318 e. The predicted molar refractivity (Wildman–Crippen MR) is 115 cm³/mol. The van der Waals surface area contributed by atoms with Gasteiger partial charge >= 0.3 is 5.97 Å². The number of carbonyl (C=O) groups is 2. The summed E-state index contributed by atoms with van der Waals surface area (Å²) in [4.78, 5) is 25.9. The van der Waals surface area contributed by atoms with Crippen LogP contribution in [0.2, 0.25) is 0 Å². The Morgan fingerprint density at radius 2 is 1.90 bits per heavy atom. The summed E-state index contributed by atoms with van der Waals surface area (Å²) in [5.74, 6) is -0.790. The van der Waals surface area contributed by atoms with Crippen LogP contribution in [0.1, 0.15) is 40.4 Å². The summed E-state index contributed by atoms with van der Waals surface area (Å²) in [5, 5.41) is 1.02. The summed E-state index contributed by atoms with van der Waals surface area (Å²) in [6.45, 7) is 2.05. The van der Waals surface area contributed by atoms with Crippen molar-refractivity contribution >= 4 is 38.7 Å². The Balaban J connectivity index is 1.98. The molecule has 0 unspecified atom stereocenters. The van der Waals surface area contributed by atoms with Gasteiger partial charge in [0, 0.05) is 21.5 Å². The SMILES string of the molecule is COC(=O)[C@H]1CC[C@@H](c2ccc(OC)cc2Br)c2c(C)c3ccccc3n2C1=O. The van der Waals surface area contributed by atoms with Crippen molar-refractivity contribution < 1.29 is 19.1 Å². The third kappa shape index (κ3) is 3.15. The molecule has 0 saturated carbocycles. The molecule has 150 valence electrons. The van der Waals surface area contributed by atoms with Gasteiger partial charge in [0.15, 0.2) is 0 Å². The highest BCUT2D eigenvalue weighted by Crippen LogP contribution is 2.43. The maximum absolute atomic E-state index is 13.5. The van der Waals surface area contributed by atoms with Crippen LogP contribution in [0.3, 0.4) is 0 Å². The second kappa shape index (κ2) is 7.67. The minimum Gasteiger partial charge on any atom is -0.497 e. The number of halogens is 1. The lowest BCUT2D eigenvalue weighted by molar-refractivity contribution is -0.144. The second-order valence-electron chi connectivity index (χ2n) is 7.29. The number of nitrogens with zero attached hydrogens (tertiary/aromatic N) is 1. The third-order valence-electron chi connectivity index (χ3n) is 5.84. The van der Waals surface area contributed by atoms with Crippen LogP contribution < -0.4 is 4.74 Å². The number of methoxy groups -OCH3 is 2. The first-order chi connectivity index (χ1) is 14.0. The number of aryl methyl sites for hydroxylation is 1. The molecule has 2 atom stereocenters. The van der Waals surface area contributed by atoms with E-state index in [0.29, 0.717) is 12.8 Å². The van der Waals surface area contributed by atoms with E-state index >= 15 is 0 Å². The molecule has 0 saturated heterocycles. The molecule has 0 radical (unpaired) electrons. The summed E-state index contributed by atoms with van der Waals surface area (Å²) in [6, 6.07) is 13.7. The van der Waals surface area contributed by atoms with Crippen LogP contribution in [0.25, 0.3) is 10.9 Å². The van der Waals surface area contributed by atoms with Crippen molar-refractivity contribution in [1.82, 2.24) is 4.57 Å². The molecule has 29 heavy (non-hydrogen) atoms. The Morgan fingerprint density at radius 1 is 1.14 bits per heavy atom. The van der Waals surface area contributed by atoms with Crippen LogP contribution in [0.4, 0.5) is 0 Å². The van der Waals surface area contributed by atoms with E-state index < -0.39 is 11.9 Å². The minimum absolute atomic E-state index is 0.0405. The number of ether oxygens (including phenoxy) is 2. The van der Waals surface area contributed by atoms with Gasteiger partial charge in [0.05, 0.1) is 19.7 Å². The summed E-state index contributed by atoms with van der Waals surface area (Å²) in [6.07, 6.45) is 1.09. The van der Waals surface area contributed by atoms with E-state index in [4.69, 9.17) is 9.47 Å². The van der Waals surface area contributed by atoms with Crippen molar-refractivity contribution in [2.75, 3.05) is 14.2 Å². The molecule has 3 aromatic rings. The molecule has 5 nitrogen and oxygen atoms in total. The minimum atomic E-state index is -0.809. The second-order valence-corrected chi connectivity index (χ2v) is 8.15. The molecule has 6 heteroatoms. The Kier molecular flexibility index (Phi) is 5.21. The third-order valence-corrected chi connectivity index (χ3v) is 6.52. The first kappa shape index (κ1) is 19.7. The monoisotopic (exact) mass is 455 g/mol. The van der Waals surface area contributed by atoms with Gasteiger partial charge in [0.2, 0.25) is 5.91 Å². The summed E-state index contributed by atoms with van der Waals surface area (Å²) in [5.41, 5.74) is 3.90. The molecule has 2 heterocycles. The Labute approximate surface area is 177 Å². The van der Waals surface area contributed by atoms with Gasteiger partial charge in [-0.05, 0) is 49.1 Å². The number of fused-ring (bicyclic) bond motifs is 3. The van der Waals surface area contributed by atoms with Crippen LogP contribution in [0, 0.1) is 12.8 Å². The Morgan fingerprint density at radius 3 is 2.59 bits per heavy atom. The molecule has 4 rings (SSSR count). The normalized spacial score (nSPS) is 19.0. The molecule has 0 aliphatic carbocycles. The van der Waals surface area contributed by atoms with Gasteiger partial charge in [-0.15, -0.1) is 0 Å². The van der Waals surface area contributed by atoms with E-state index in [9.17, 15) is 9.59 Å². The van der Waals surface area contributed by atoms with Crippen LogP contribution >= 0.6 is 15.9 Å². The standard InChI is InChI=1S/C23H22BrNO4/c1-13-15-6-4-5-7-20(15)25-21(13)17(10-11-18(22(25)26)23(27)29-3)16-9-8-14(28-2)12-19(16)24/h4-9,12,17-18H,10-11H2,1-3H3/t17-,18-/m0/s1. The number of rotatable bonds is 3. The summed E-state index contributed by atoms with van der Waals surface area (Å²) >= 11 is 3.68. The molecule has 0 N–H and O–H groups in total. The summed E-state index contributed by atoms with van der Waals surface area (Å²) in [7, 11) is 2.96. The number of esters is 1. The molecule has 1 aromatic heterocycles. The van der Waals surface area contributed by atoms with E-state index in [0.717, 1.165) is 37.9 Å². The van der Waals surface area contributed by atoms with Crippen molar-refractivity contribution in [1.29, 1.82) is 0 Å². The van der Waals surface area contributed by atoms with Crippen LogP contribution in [-0.2, 0) is 9.53 Å². The molecular formula is C23H22BrNO4. The van der Waals surface area contributed by atoms with E-state index in [2.05, 4.69) is 15.9 Å². The van der Waals surface area contributed by atoms with Crippen molar-refractivity contribution in [2.45, 2.75) is 25.7 Å². The largest absolute Gasteiger partial charge is 0.497 e. The lowest BCUT2D eigenvalue weighted by atomic mass is 9.87. The molecule has 2 aromatic carbocycles. The zero-order chi connectivity index (χ0) is 20.7. The maximum atomic E-state index is 13.5. The number of benzene rings is 2. The zero-order valence-corrected chi connectivity index (χ0v) is 18.2. The Bertz CT molecular complexity index is 1120. The quantitative estimate of drug-likeness (QED) is 0.408. The molecule has 0 fully saturated rings. The Hall–Kier alpha value is -2.60. The van der Waals surface area contributed by atoms with Gasteiger partial charge in [-0.2, -0.15) is 0 Å². The number of aromatic nitrogens is 1. The van der Waals surface area contributed by atoms with Crippen molar-refractivity contribution in [2.24, 2.45) is 5.92 Å². The number of carbonyl (C=O) groups excluding carboxylic acids is 2. The average molecular weight is 456 g/mol. The fraction of sp³-hybridized carbons (Fsp3) is 0.304. The van der Waals surface area contributed by atoms with Gasteiger partial charge in [-0.3, -0.25) is 14.2 Å². The van der Waals surface area contributed by atoms with E-state index in [-0.39, 0.29) is 11.8 Å². The van der Waals surface area contributed by atoms with Gasteiger partial charge in [0.25, 0.3) is 0 Å². The predicted octanol–water partition coefficient (Wildman–Crippen LogP) is 5.08. The molecule has 1 aliphatic heterocycles. The van der Waals surface area contributed by atoms with E-state index in [1.165, 1.54) is 7.11 Å². The van der Waals surface area contributed by atoms with Crippen molar-refractivity contribution in [3.05, 3.63) is 63.8 Å². The highest BCUT2D eigenvalue weighted by atomic mass is 79.9.